The standard InChI is InChI=1S/C14H13F3N2O2/c1-19-8-7-18-12(19)13(21,14(15,16)17)9-11(20)10-5-3-2-4-6-10/h2-8,21H,9H2,1H3/t13-/m1/s1. The molecule has 1 N–H and O–H groups in total. The van der Waals surface area contributed by atoms with Gasteiger partial charge in [-0.05, 0) is 0 Å². The molecule has 0 amide bonds. The molecule has 0 bridgehead atoms. The highest BCUT2D eigenvalue weighted by Crippen LogP contribution is 2.41. The normalized spacial score (nSPS) is 14.7. The predicted octanol–water partition coefficient (Wildman–Crippen LogP) is 2.44. The van der Waals surface area contributed by atoms with Crippen LogP contribution >= 0.6 is 0 Å². The van der Waals surface area contributed by atoms with Gasteiger partial charge in [0.1, 0.15) is 0 Å². The van der Waals surface area contributed by atoms with Crippen molar-refractivity contribution in [1.82, 2.24) is 9.55 Å². The number of benzene rings is 1. The number of halogens is 3. The molecule has 1 aromatic carbocycles. The summed E-state index contributed by atoms with van der Waals surface area (Å²) in [5.41, 5.74) is -3.22. The Morgan fingerprint density at radius 1 is 1.29 bits per heavy atom. The fourth-order valence-electron chi connectivity index (χ4n) is 2.03. The van der Waals surface area contributed by atoms with Crippen LogP contribution in [-0.4, -0.2) is 26.6 Å². The molecule has 0 aliphatic heterocycles. The molecular formula is C14H13F3N2O2. The van der Waals surface area contributed by atoms with Gasteiger partial charge in [0.25, 0.3) is 0 Å². The van der Waals surface area contributed by atoms with Gasteiger partial charge >= 0.3 is 6.18 Å². The molecule has 1 aromatic heterocycles. The Morgan fingerprint density at radius 3 is 2.38 bits per heavy atom. The number of carbonyl (C=O) groups is 1. The summed E-state index contributed by atoms with van der Waals surface area (Å²) >= 11 is 0. The third-order valence-electron chi connectivity index (χ3n) is 3.17. The van der Waals surface area contributed by atoms with Gasteiger partial charge in [0.05, 0.1) is 6.42 Å². The average Bonchev–Trinajstić information content (AvgIpc) is 2.85. The van der Waals surface area contributed by atoms with Gasteiger partial charge < -0.3 is 9.67 Å². The van der Waals surface area contributed by atoms with Crippen LogP contribution in [0.25, 0.3) is 0 Å². The number of ketones is 1. The van der Waals surface area contributed by atoms with Crippen LogP contribution in [0.5, 0.6) is 0 Å². The fourth-order valence-corrected chi connectivity index (χ4v) is 2.03. The first kappa shape index (κ1) is 15.2. The minimum absolute atomic E-state index is 0.106. The molecule has 0 radical (unpaired) electrons. The number of aliphatic hydroxyl groups is 1. The molecular weight excluding hydrogens is 285 g/mol. The number of hydrogen-bond acceptors (Lipinski definition) is 3. The highest BCUT2D eigenvalue weighted by Gasteiger charge is 2.58. The van der Waals surface area contributed by atoms with E-state index in [0.717, 1.165) is 10.8 Å². The Morgan fingerprint density at radius 2 is 1.90 bits per heavy atom. The number of nitrogens with zero attached hydrogens (tertiary/aromatic N) is 2. The maximum Gasteiger partial charge on any atom is 0.425 e. The molecule has 0 fully saturated rings. The van der Waals surface area contributed by atoms with Crippen LogP contribution < -0.4 is 0 Å². The minimum Gasteiger partial charge on any atom is -0.374 e. The van der Waals surface area contributed by atoms with Crippen LogP contribution in [0, 0.1) is 0 Å². The van der Waals surface area contributed by atoms with Crippen molar-refractivity contribution in [3.8, 4) is 0 Å². The molecule has 1 atom stereocenters. The maximum atomic E-state index is 13.3. The van der Waals surface area contributed by atoms with Crippen LogP contribution in [0.15, 0.2) is 42.7 Å². The van der Waals surface area contributed by atoms with Crippen molar-refractivity contribution in [2.75, 3.05) is 0 Å². The van der Waals surface area contributed by atoms with Gasteiger partial charge in [-0.15, -0.1) is 0 Å². The van der Waals surface area contributed by atoms with Gasteiger partial charge in [-0.3, -0.25) is 4.79 Å². The van der Waals surface area contributed by atoms with Crippen molar-refractivity contribution < 1.29 is 23.1 Å². The summed E-state index contributed by atoms with van der Waals surface area (Å²) in [6, 6.07) is 7.53. The molecule has 0 aliphatic carbocycles. The topological polar surface area (TPSA) is 55.1 Å². The van der Waals surface area contributed by atoms with E-state index in [1.54, 1.807) is 18.2 Å². The number of imidazole rings is 1. The summed E-state index contributed by atoms with van der Waals surface area (Å²) in [5.74, 6) is -1.42. The van der Waals surface area contributed by atoms with Crippen LogP contribution in [0.2, 0.25) is 0 Å². The third kappa shape index (κ3) is 2.82. The summed E-state index contributed by atoms with van der Waals surface area (Å²) < 4.78 is 40.9. The minimum atomic E-state index is -5.02. The van der Waals surface area contributed by atoms with Crippen molar-refractivity contribution in [1.29, 1.82) is 0 Å². The number of rotatable bonds is 4. The van der Waals surface area contributed by atoms with Crippen molar-refractivity contribution in [2.45, 2.75) is 18.2 Å². The van der Waals surface area contributed by atoms with Crippen molar-refractivity contribution in [3.63, 3.8) is 0 Å². The summed E-state index contributed by atoms with van der Waals surface area (Å²) in [7, 11) is 1.33. The first-order chi connectivity index (χ1) is 9.75. The number of aryl methyl sites for hydroxylation is 1. The first-order valence-corrected chi connectivity index (χ1v) is 6.11. The maximum absolute atomic E-state index is 13.3. The number of hydrogen-bond donors (Lipinski definition) is 1. The van der Waals surface area contributed by atoms with E-state index in [-0.39, 0.29) is 5.56 Å². The number of Topliss-reactive ketones (excluding diaryl/α,β-unsaturated/α-hetero) is 1. The summed E-state index contributed by atoms with van der Waals surface area (Å²) in [5, 5.41) is 10.1. The van der Waals surface area contributed by atoms with Gasteiger partial charge in [-0.2, -0.15) is 13.2 Å². The number of alkyl halides is 3. The third-order valence-corrected chi connectivity index (χ3v) is 3.17. The van der Waals surface area contributed by atoms with E-state index < -0.39 is 29.8 Å². The molecule has 4 nitrogen and oxygen atoms in total. The molecule has 0 aliphatic rings. The molecule has 0 unspecified atom stereocenters. The van der Waals surface area contributed by atoms with Crippen LogP contribution in [0.1, 0.15) is 22.6 Å². The highest BCUT2D eigenvalue weighted by molar-refractivity contribution is 5.96. The van der Waals surface area contributed by atoms with E-state index in [4.69, 9.17) is 0 Å². The fraction of sp³-hybridized carbons (Fsp3) is 0.286. The van der Waals surface area contributed by atoms with Crippen molar-refractivity contribution >= 4 is 5.78 Å². The second-order valence-electron chi connectivity index (χ2n) is 4.69. The number of carbonyl (C=O) groups excluding carboxylic acids is 1. The summed E-state index contributed by atoms with van der Waals surface area (Å²) in [6.07, 6.45) is -3.72. The predicted molar refractivity (Wildman–Crippen MR) is 68.5 cm³/mol. The Hall–Kier alpha value is -2.15. The Kier molecular flexibility index (Phi) is 3.87. The van der Waals surface area contributed by atoms with E-state index >= 15 is 0 Å². The molecule has 1 heterocycles. The largest absolute Gasteiger partial charge is 0.425 e. The molecule has 112 valence electrons. The van der Waals surface area contributed by atoms with Crippen molar-refractivity contribution in [3.05, 3.63) is 54.1 Å². The molecule has 7 heteroatoms. The summed E-state index contributed by atoms with van der Waals surface area (Å²) in [6.45, 7) is 0. The Balaban J connectivity index is 2.39. The lowest BCUT2D eigenvalue weighted by Gasteiger charge is -2.29. The molecule has 0 saturated heterocycles. The summed E-state index contributed by atoms with van der Waals surface area (Å²) in [4.78, 5) is 15.6. The van der Waals surface area contributed by atoms with E-state index in [2.05, 4.69) is 4.98 Å². The first-order valence-electron chi connectivity index (χ1n) is 6.11. The van der Waals surface area contributed by atoms with Gasteiger partial charge in [0.2, 0.25) is 5.60 Å². The number of aromatic nitrogens is 2. The monoisotopic (exact) mass is 298 g/mol. The molecule has 0 saturated carbocycles. The zero-order valence-corrected chi connectivity index (χ0v) is 11.1. The second-order valence-corrected chi connectivity index (χ2v) is 4.69. The molecule has 2 aromatic rings. The van der Waals surface area contributed by atoms with Gasteiger partial charge in [0, 0.05) is 25.0 Å². The Labute approximate surface area is 118 Å². The zero-order valence-electron chi connectivity index (χ0n) is 11.1. The molecule has 2 rings (SSSR count). The smallest absolute Gasteiger partial charge is 0.374 e. The van der Waals surface area contributed by atoms with E-state index in [1.807, 2.05) is 0 Å². The van der Waals surface area contributed by atoms with E-state index in [9.17, 15) is 23.1 Å². The van der Waals surface area contributed by atoms with E-state index in [0.29, 0.717) is 0 Å². The lowest BCUT2D eigenvalue weighted by atomic mass is 9.92. The van der Waals surface area contributed by atoms with Crippen LogP contribution in [-0.2, 0) is 12.6 Å². The lowest BCUT2D eigenvalue weighted by Crippen LogP contribution is -2.46. The highest BCUT2D eigenvalue weighted by atomic mass is 19.4. The lowest BCUT2D eigenvalue weighted by molar-refractivity contribution is -0.268. The quantitative estimate of drug-likeness (QED) is 0.882. The van der Waals surface area contributed by atoms with E-state index in [1.165, 1.54) is 25.4 Å². The van der Waals surface area contributed by atoms with Crippen LogP contribution in [0.4, 0.5) is 13.2 Å². The van der Waals surface area contributed by atoms with Crippen molar-refractivity contribution in [2.24, 2.45) is 7.05 Å². The van der Waals surface area contributed by atoms with Gasteiger partial charge in [0.15, 0.2) is 11.6 Å². The van der Waals surface area contributed by atoms with Gasteiger partial charge in [-0.25, -0.2) is 4.98 Å². The molecule has 21 heavy (non-hydrogen) atoms. The second kappa shape index (κ2) is 5.33. The van der Waals surface area contributed by atoms with Gasteiger partial charge in [-0.1, -0.05) is 30.3 Å². The Bertz CT molecular complexity index is 637. The SMILES string of the molecule is Cn1ccnc1[C@](O)(CC(=O)c1ccccc1)C(F)(F)F. The van der Waals surface area contributed by atoms with Crippen LogP contribution in [0.3, 0.4) is 0 Å². The molecule has 0 spiro atoms. The zero-order chi connectivity index (χ0) is 15.7. The average molecular weight is 298 g/mol.